The molecule has 1 amide bonds. The molecule has 3 aromatic rings. The van der Waals surface area contributed by atoms with Crippen molar-refractivity contribution in [3.8, 4) is 5.75 Å². The number of hydrogen-bond acceptors (Lipinski definition) is 4. The van der Waals surface area contributed by atoms with Gasteiger partial charge in [-0.2, -0.15) is 0 Å². The zero-order valence-electron chi connectivity index (χ0n) is 12.7. The van der Waals surface area contributed by atoms with Crippen LogP contribution >= 0.6 is 11.3 Å². The van der Waals surface area contributed by atoms with Crippen LogP contribution in [0, 0.1) is 5.82 Å². The molecule has 0 unspecified atom stereocenters. The first-order valence-electron chi connectivity index (χ1n) is 7.34. The van der Waals surface area contributed by atoms with Crippen molar-refractivity contribution in [2.45, 2.75) is 13.2 Å². The predicted octanol–water partition coefficient (Wildman–Crippen LogP) is 3.79. The topological polar surface area (TPSA) is 51.2 Å². The summed E-state index contributed by atoms with van der Waals surface area (Å²) in [6, 6.07) is 13.1. The number of hydrogen-bond donors (Lipinski definition) is 1. The van der Waals surface area contributed by atoms with E-state index >= 15 is 0 Å². The molecule has 122 valence electrons. The van der Waals surface area contributed by atoms with Gasteiger partial charge in [0.1, 0.15) is 18.2 Å². The summed E-state index contributed by atoms with van der Waals surface area (Å²) in [6.07, 6.45) is 0. The van der Waals surface area contributed by atoms with Crippen LogP contribution in [0.5, 0.6) is 5.75 Å². The van der Waals surface area contributed by atoms with Crippen LogP contribution in [0.4, 0.5) is 4.39 Å². The number of amides is 1. The molecule has 0 aliphatic heterocycles. The highest BCUT2D eigenvalue weighted by Crippen LogP contribution is 2.19. The summed E-state index contributed by atoms with van der Waals surface area (Å²) in [5.74, 6) is -0.0406. The molecule has 0 bridgehead atoms. The molecule has 4 nitrogen and oxygen atoms in total. The summed E-state index contributed by atoms with van der Waals surface area (Å²) in [5, 5.41) is 4.71. The molecular weight excluding hydrogens is 327 g/mol. The molecule has 24 heavy (non-hydrogen) atoms. The largest absolute Gasteiger partial charge is 0.486 e. The standard InChI is InChI=1S/C18H15FN2O2S/c19-14-7-5-13(6-8-14)9-20-18(22)16-3-1-2-4-17(16)23-10-15-11-24-12-21-15/h1-8,11-12H,9-10H2,(H,20,22). The molecule has 1 heterocycles. The van der Waals surface area contributed by atoms with E-state index in [0.29, 0.717) is 24.5 Å². The van der Waals surface area contributed by atoms with Gasteiger partial charge in [-0.3, -0.25) is 4.79 Å². The molecule has 0 radical (unpaired) electrons. The van der Waals surface area contributed by atoms with E-state index in [2.05, 4.69) is 10.3 Å². The second-order valence-electron chi connectivity index (χ2n) is 5.07. The van der Waals surface area contributed by atoms with Gasteiger partial charge in [-0.25, -0.2) is 9.37 Å². The fourth-order valence-corrected chi connectivity index (χ4v) is 2.66. The lowest BCUT2D eigenvalue weighted by atomic mass is 10.1. The number of benzene rings is 2. The number of aromatic nitrogens is 1. The number of para-hydroxylation sites is 1. The maximum atomic E-state index is 12.9. The second-order valence-corrected chi connectivity index (χ2v) is 5.79. The lowest BCUT2D eigenvalue weighted by Gasteiger charge is -2.11. The Balaban J connectivity index is 1.64. The van der Waals surface area contributed by atoms with E-state index in [-0.39, 0.29) is 11.7 Å². The lowest BCUT2D eigenvalue weighted by molar-refractivity contribution is 0.0946. The van der Waals surface area contributed by atoms with Crippen LogP contribution in [0.15, 0.2) is 59.4 Å². The van der Waals surface area contributed by atoms with Gasteiger partial charge in [0.05, 0.1) is 16.8 Å². The Labute approximate surface area is 142 Å². The molecule has 1 N–H and O–H groups in total. The highest BCUT2D eigenvalue weighted by molar-refractivity contribution is 7.07. The molecule has 1 aromatic heterocycles. The maximum absolute atomic E-state index is 12.9. The Morgan fingerprint density at radius 2 is 1.96 bits per heavy atom. The SMILES string of the molecule is O=C(NCc1ccc(F)cc1)c1ccccc1OCc1cscn1. The fourth-order valence-electron chi connectivity index (χ4n) is 2.12. The van der Waals surface area contributed by atoms with Gasteiger partial charge in [-0.15, -0.1) is 11.3 Å². The molecule has 0 saturated heterocycles. The third-order valence-electron chi connectivity index (χ3n) is 3.36. The summed E-state index contributed by atoms with van der Waals surface area (Å²) in [5.41, 5.74) is 3.84. The molecular formula is C18H15FN2O2S. The predicted molar refractivity (Wildman–Crippen MR) is 90.5 cm³/mol. The molecule has 6 heteroatoms. The highest BCUT2D eigenvalue weighted by atomic mass is 32.1. The van der Waals surface area contributed by atoms with E-state index < -0.39 is 0 Å². The first kappa shape index (κ1) is 16.1. The summed E-state index contributed by atoms with van der Waals surface area (Å²) in [6.45, 7) is 0.630. The summed E-state index contributed by atoms with van der Waals surface area (Å²) in [4.78, 5) is 16.5. The third-order valence-corrected chi connectivity index (χ3v) is 3.99. The second kappa shape index (κ2) is 7.70. The van der Waals surface area contributed by atoms with Crippen LogP contribution < -0.4 is 10.1 Å². The minimum atomic E-state index is -0.300. The smallest absolute Gasteiger partial charge is 0.255 e. The Bertz CT molecular complexity index is 804. The van der Waals surface area contributed by atoms with Crippen LogP contribution in [-0.2, 0) is 13.2 Å². The number of nitrogens with one attached hydrogen (secondary N) is 1. The Hall–Kier alpha value is -2.73. The van der Waals surface area contributed by atoms with Crippen molar-refractivity contribution in [3.05, 3.63) is 82.1 Å². The lowest BCUT2D eigenvalue weighted by Crippen LogP contribution is -2.23. The summed E-state index contributed by atoms with van der Waals surface area (Å²) >= 11 is 1.49. The number of ether oxygens (including phenoxy) is 1. The minimum absolute atomic E-state index is 0.242. The number of halogens is 1. The van der Waals surface area contributed by atoms with Crippen molar-refractivity contribution in [1.29, 1.82) is 0 Å². The average Bonchev–Trinajstić information content (AvgIpc) is 3.13. The fraction of sp³-hybridized carbons (Fsp3) is 0.111. The van der Waals surface area contributed by atoms with Gasteiger partial charge in [0.15, 0.2) is 0 Å². The maximum Gasteiger partial charge on any atom is 0.255 e. The number of carbonyl (C=O) groups excluding carboxylic acids is 1. The molecule has 0 fully saturated rings. The Kier molecular flexibility index (Phi) is 5.18. The molecule has 2 aromatic carbocycles. The normalized spacial score (nSPS) is 10.4. The van der Waals surface area contributed by atoms with E-state index in [9.17, 15) is 9.18 Å². The van der Waals surface area contributed by atoms with Crippen molar-refractivity contribution in [3.63, 3.8) is 0 Å². The Morgan fingerprint density at radius 3 is 2.71 bits per heavy atom. The van der Waals surface area contributed by atoms with Crippen LogP contribution in [0.1, 0.15) is 21.6 Å². The van der Waals surface area contributed by atoms with Gasteiger partial charge in [-0.1, -0.05) is 24.3 Å². The zero-order valence-corrected chi connectivity index (χ0v) is 13.6. The van der Waals surface area contributed by atoms with Gasteiger partial charge in [0.25, 0.3) is 5.91 Å². The van der Waals surface area contributed by atoms with Crippen LogP contribution in [-0.4, -0.2) is 10.9 Å². The van der Waals surface area contributed by atoms with Gasteiger partial charge >= 0.3 is 0 Å². The summed E-state index contributed by atoms with van der Waals surface area (Å²) in [7, 11) is 0. The molecule has 0 saturated carbocycles. The van der Waals surface area contributed by atoms with Gasteiger partial charge in [0, 0.05) is 11.9 Å². The van der Waals surface area contributed by atoms with Crippen molar-refractivity contribution < 1.29 is 13.9 Å². The third kappa shape index (κ3) is 4.17. The van der Waals surface area contributed by atoms with Crippen molar-refractivity contribution in [2.75, 3.05) is 0 Å². The number of carbonyl (C=O) groups is 1. The monoisotopic (exact) mass is 342 g/mol. The van der Waals surface area contributed by atoms with Crippen LogP contribution in [0.25, 0.3) is 0 Å². The molecule has 0 spiro atoms. The number of thiazole rings is 1. The average molecular weight is 342 g/mol. The van der Waals surface area contributed by atoms with Gasteiger partial charge in [-0.05, 0) is 29.8 Å². The molecule has 0 atom stereocenters. The van der Waals surface area contributed by atoms with E-state index in [1.54, 1.807) is 35.8 Å². The van der Waals surface area contributed by atoms with Crippen LogP contribution in [0.3, 0.4) is 0 Å². The number of rotatable bonds is 6. The zero-order chi connectivity index (χ0) is 16.8. The van der Waals surface area contributed by atoms with Crippen LogP contribution in [0.2, 0.25) is 0 Å². The van der Waals surface area contributed by atoms with Crippen molar-refractivity contribution in [1.82, 2.24) is 10.3 Å². The first-order valence-corrected chi connectivity index (χ1v) is 8.28. The molecule has 0 aliphatic rings. The quantitative estimate of drug-likeness (QED) is 0.741. The van der Waals surface area contributed by atoms with E-state index in [1.807, 2.05) is 11.4 Å². The highest BCUT2D eigenvalue weighted by Gasteiger charge is 2.12. The van der Waals surface area contributed by atoms with Crippen molar-refractivity contribution >= 4 is 17.2 Å². The molecule has 0 aliphatic carbocycles. The Morgan fingerprint density at radius 1 is 1.17 bits per heavy atom. The minimum Gasteiger partial charge on any atom is -0.486 e. The van der Waals surface area contributed by atoms with E-state index in [0.717, 1.165) is 11.3 Å². The number of nitrogens with zero attached hydrogens (tertiary/aromatic N) is 1. The summed E-state index contributed by atoms with van der Waals surface area (Å²) < 4.78 is 18.6. The van der Waals surface area contributed by atoms with E-state index in [4.69, 9.17) is 4.74 Å². The first-order chi connectivity index (χ1) is 11.7. The van der Waals surface area contributed by atoms with Gasteiger partial charge < -0.3 is 10.1 Å². The molecule has 3 rings (SSSR count). The van der Waals surface area contributed by atoms with Crippen molar-refractivity contribution in [2.24, 2.45) is 0 Å². The van der Waals surface area contributed by atoms with Gasteiger partial charge in [0.2, 0.25) is 0 Å². The van der Waals surface area contributed by atoms with E-state index in [1.165, 1.54) is 23.5 Å².